The van der Waals surface area contributed by atoms with E-state index in [-0.39, 0.29) is 0 Å². The SMILES string of the molecule is C[C](C)(C)[Ga]([C](C)(C)C)[C](C)(C)C.O=C[NH][GaH][NH]C=O.O=C[NH][GaH][NH]C=O.O=C[NH][GaH][NH]C=O.[CH3][Ga]([CH3])[CH3]. The molecule has 0 aliphatic rings. The molecule has 0 aliphatic heterocycles. The summed E-state index contributed by atoms with van der Waals surface area (Å²) in [6.07, 6.45) is 3.56. The number of carbonyl (C=O) groups excluding carboxylic acids is 6. The first-order valence-electron chi connectivity index (χ1n) is 12.4. The third-order valence-electron chi connectivity index (χ3n) is 3.71. The van der Waals surface area contributed by atoms with E-state index >= 15 is 0 Å². The number of hydrogen-bond acceptors (Lipinski definition) is 6. The zero-order valence-corrected chi connectivity index (χ0v) is 39.4. The summed E-state index contributed by atoms with van der Waals surface area (Å²) in [5, 5.41) is 0. The van der Waals surface area contributed by atoms with Crippen LogP contribution in [0.4, 0.5) is 0 Å². The second-order valence-electron chi connectivity index (χ2n) is 11.7. The van der Waals surface area contributed by atoms with E-state index < -0.39 is 86.1 Å². The number of hydrogen-bond donors (Lipinski definition) is 6. The van der Waals surface area contributed by atoms with Crippen molar-refractivity contribution in [2.24, 2.45) is 0 Å². The maximum atomic E-state index is 9.46. The van der Waals surface area contributed by atoms with Gasteiger partial charge in [0, 0.05) is 0 Å². The summed E-state index contributed by atoms with van der Waals surface area (Å²) in [6.45, 7) is 21.9. The summed E-state index contributed by atoms with van der Waals surface area (Å²) in [5.74, 6) is 0. The molecule has 0 saturated heterocycles. The average molecular weight is 832 g/mol. The fourth-order valence-corrected chi connectivity index (χ4v) is 22.5. The Morgan fingerprint density at radius 1 is 0.421 bits per heavy atom. The standard InChI is InChI=1S/3C4H9.6CH3NO.3CH3.5Ga.3H/c3*1-4(2)3;6*2-1-3;;;;;;;;;;;/h3*1-3H3;6*1H,(H2,2,3);3*1H3;;;;;;;;/q;;;;;;;;;;;;;;3*+2;;;/p-6. The van der Waals surface area contributed by atoms with E-state index in [2.05, 4.69) is 103 Å². The van der Waals surface area contributed by atoms with E-state index in [1.165, 1.54) is 0 Å². The molecule has 0 radical (unpaired) electrons. The van der Waals surface area contributed by atoms with Gasteiger partial charge in [-0.1, -0.05) is 0 Å². The van der Waals surface area contributed by atoms with Crippen LogP contribution in [-0.2, 0) is 28.8 Å². The minimum atomic E-state index is -1.33. The molecular formula is C21H51Ga5N6O6. The van der Waals surface area contributed by atoms with Crippen molar-refractivity contribution >= 4 is 125 Å². The predicted molar refractivity (Wildman–Crippen MR) is 165 cm³/mol. The van der Waals surface area contributed by atoms with Crippen molar-refractivity contribution < 1.29 is 28.8 Å². The molecule has 0 aromatic heterocycles. The zero-order valence-electron chi connectivity index (χ0n) is 25.7. The van der Waals surface area contributed by atoms with Crippen LogP contribution >= 0.6 is 0 Å². The van der Waals surface area contributed by atoms with Crippen LogP contribution in [0, 0.1) is 0 Å². The molecule has 0 unspecified atom stereocenters. The molecule has 0 aliphatic carbocycles. The van der Waals surface area contributed by atoms with Gasteiger partial charge in [-0.25, -0.2) is 0 Å². The van der Waals surface area contributed by atoms with Crippen LogP contribution in [0.1, 0.15) is 62.3 Å². The monoisotopic (exact) mass is 828 g/mol. The Morgan fingerprint density at radius 2 is 0.553 bits per heavy atom. The molecule has 0 spiro atoms. The Balaban J connectivity index is -0.000000126. The first kappa shape index (κ1) is 47.8. The first-order valence-corrected chi connectivity index (χ1v) is 32.2. The average Bonchev–Trinajstić information content (AvgIpc) is 2.73. The van der Waals surface area contributed by atoms with Crippen molar-refractivity contribution in [2.75, 3.05) is 0 Å². The second-order valence-corrected chi connectivity index (χ2v) is 39.1. The second kappa shape index (κ2) is 31.5. The summed E-state index contributed by atoms with van der Waals surface area (Å²) < 4.78 is 16.2. The Labute approximate surface area is 265 Å². The van der Waals surface area contributed by atoms with Gasteiger partial charge in [0.25, 0.3) is 0 Å². The molecule has 216 valence electrons. The fraction of sp³-hybridized carbons (Fsp3) is 0.714. The van der Waals surface area contributed by atoms with E-state index in [1.807, 2.05) is 0 Å². The van der Waals surface area contributed by atoms with Gasteiger partial charge in [0.2, 0.25) is 0 Å². The molecule has 0 aromatic carbocycles. The quantitative estimate of drug-likeness (QED) is 0.0879. The van der Waals surface area contributed by atoms with E-state index in [0.717, 1.165) is 0 Å². The van der Waals surface area contributed by atoms with E-state index in [0.29, 0.717) is 50.4 Å². The molecule has 6 amide bonds. The van der Waals surface area contributed by atoms with Crippen LogP contribution in [-0.4, -0.2) is 125 Å². The maximum absolute atomic E-state index is 9.46. The molecule has 0 heterocycles. The van der Waals surface area contributed by atoms with Gasteiger partial charge >= 0.3 is 268 Å². The van der Waals surface area contributed by atoms with Gasteiger partial charge in [0.1, 0.15) is 0 Å². The topological polar surface area (TPSA) is 175 Å². The number of nitrogens with one attached hydrogen (secondary N) is 6. The van der Waals surface area contributed by atoms with Gasteiger partial charge in [-0.05, 0) is 0 Å². The van der Waals surface area contributed by atoms with Gasteiger partial charge in [0.15, 0.2) is 0 Å². The molecule has 0 bridgehead atoms. The Hall–Kier alpha value is 0.00182. The molecule has 38 heavy (non-hydrogen) atoms. The molecule has 0 saturated carbocycles. The summed E-state index contributed by atoms with van der Waals surface area (Å²) in [4.78, 5) is 56.8. The van der Waals surface area contributed by atoms with Crippen LogP contribution in [0.3, 0.4) is 0 Å². The Bertz CT molecular complexity index is 498. The third kappa shape index (κ3) is 49.0. The van der Waals surface area contributed by atoms with Crippen molar-refractivity contribution in [1.29, 1.82) is 0 Å². The molecule has 17 heteroatoms. The number of amides is 6. The third-order valence-corrected chi connectivity index (χ3v) is 19.3. The minimum absolute atomic E-state index is 0.479. The molecule has 0 fully saturated rings. The van der Waals surface area contributed by atoms with Crippen LogP contribution in [0.2, 0.25) is 28.3 Å². The van der Waals surface area contributed by atoms with E-state index in [9.17, 15) is 28.8 Å². The van der Waals surface area contributed by atoms with Gasteiger partial charge in [0.05, 0.1) is 0 Å². The molecule has 0 rings (SSSR count). The van der Waals surface area contributed by atoms with Gasteiger partial charge in [-0.15, -0.1) is 0 Å². The van der Waals surface area contributed by atoms with Crippen molar-refractivity contribution in [3.8, 4) is 0 Å². The Kier molecular flexibility index (Phi) is 39.6. The van der Waals surface area contributed by atoms with Gasteiger partial charge in [-0.2, -0.15) is 0 Å². The molecule has 0 aromatic rings. The molecule has 6 N–H and O–H groups in total. The predicted octanol–water partition coefficient (Wildman–Crippen LogP) is -0.513. The normalized spacial score (nSPS) is 9.16. The van der Waals surface area contributed by atoms with Crippen LogP contribution in [0.5, 0.6) is 0 Å². The summed E-state index contributed by atoms with van der Waals surface area (Å²) in [5.41, 5.74) is 7.06. The summed E-state index contributed by atoms with van der Waals surface area (Å²) >= 11 is -5.36. The molecule has 12 nitrogen and oxygen atoms in total. The molecule has 0 atom stereocenters. The van der Waals surface area contributed by atoms with E-state index in [4.69, 9.17) is 0 Å². The summed E-state index contributed by atoms with van der Waals surface area (Å²) in [7, 11) is 0. The zero-order chi connectivity index (χ0) is 31.3. The van der Waals surface area contributed by atoms with Crippen molar-refractivity contribution in [2.45, 2.75) is 90.7 Å². The van der Waals surface area contributed by atoms with Crippen molar-refractivity contribution in [1.82, 2.24) is 24.1 Å². The van der Waals surface area contributed by atoms with Gasteiger partial charge < -0.3 is 0 Å². The van der Waals surface area contributed by atoms with Crippen LogP contribution in [0.15, 0.2) is 0 Å². The number of carbonyl (C=O) groups is 6. The molecular weight excluding hydrogens is 781 g/mol. The van der Waals surface area contributed by atoms with Crippen molar-refractivity contribution in [3.63, 3.8) is 0 Å². The Morgan fingerprint density at radius 3 is 0.605 bits per heavy atom. The van der Waals surface area contributed by atoms with E-state index in [1.54, 1.807) is 0 Å². The van der Waals surface area contributed by atoms with Crippen LogP contribution < -0.4 is 24.1 Å². The fourth-order valence-electron chi connectivity index (χ4n) is 4.32. The van der Waals surface area contributed by atoms with Crippen LogP contribution in [0.25, 0.3) is 0 Å². The summed E-state index contributed by atoms with van der Waals surface area (Å²) in [6, 6.07) is 0. The number of rotatable bonds is 12. The van der Waals surface area contributed by atoms with Gasteiger partial charge in [-0.3, -0.25) is 0 Å². The first-order chi connectivity index (χ1) is 17.3. The van der Waals surface area contributed by atoms with Crippen molar-refractivity contribution in [3.05, 3.63) is 0 Å².